The van der Waals surface area contributed by atoms with Crippen molar-refractivity contribution in [2.24, 2.45) is 5.84 Å². The monoisotopic (exact) mass is 328 g/mol. The highest BCUT2D eigenvalue weighted by atomic mass is 16.6. The molecule has 0 aliphatic carbocycles. The van der Waals surface area contributed by atoms with Crippen LogP contribution in [0.2, 0.25) is 0 Å². The molecule has 10 nitrogen and oxygen atoms in total. The fourth-order valence-electron chi connectivity index (χ4n) is 2.49. The van der Waals surface area contributed by atoms with Crippen LogP contribution in [-0.2, 0) is 6.54 Å². The highest BCUT2D eigenvalue weighted by Crippen LogP contribution is 2.26. The molecule has 0 aliphatic heterocycles. The Balaban J connectivity index is 2.11. The lowest BCUT2D eigenvalue weighted by molar-refractivity contribution is -0.394. The summed E-state index contributed by atoms with van der Waals surface area (Å²) in [5.74, 6) is 5.83. The quantitative estimate of drug-likeness (QED) is 0.415. The number of rotatable bonds is 5. The third kappa shape index (κ3) is 2.73. The Bertz CT molecular complexity index is 919. The molecule has 0 amide bonds. The van der Waals surface area contributed by atoms with E-state index in [0.29, 0.717) is 17.0 Å². The maximum atomic E-state index is 11.0. The molecule has 0 saturated carbocycles. The lowest BCUT2D eigenvalue weighted by Gasteiger charge is -2.08. The van der Waals surface area contributed by atoms with E-state index >= 15 is 0 Å². The van der Waals surface area contributed by atoms with Crippen LogP contribution >= 0.6 is 0 Å². The van der Waals surface area contributed by atoms with Crippen molar-refractivity contribution < 1.29 is 9.85 Å². The number of non-ortho nitro benzene ring substituents is 2. The minimum atomic E-state index is -0.662. The van der Waals surface area contributed by atoms with Gasteiger partial charge in [0.2, 0.25) is 5.95 Å². The topological polar surface area (TPSA) is 142 Å². The number of nitrogens with two attached hydrogens (primary N) is 1. The highest BCUT2D eigenvalue weighted by molar-refractivity contribution is 5.78. The van der Waals surface area contributed by atoms with Gasteiger partial charge < -0.3 is 4.57 Å². The first-order valence-corrected chi connectivity index (χ1v) is 6.84. The summed E-state index contributed by atoms with van der Waals surface area (Å²) in [4.78, 5) is 25.0. The summed E-state index contributed by atoms with van der Waals surface area (Å²) in [6, 6.07) is 10.8. The van der Waals surface area contributed by atoms with Gasteiger partial charge in [-0.1, -0.05) is 12.1 Å². The molecule has 2 aromatic carbocycles. The molecular formula is C14H12N6O4. The van der Waals surface area contributed by atoms with Crippen molar-refractivity contribution in [1.29, 1.82) is 0 Å². The van der Waals surface area contributed by atoms with Crippen LogP contribution in [0.15, 0.2) is 42.5 Å². The third-order valence-corrected chi connectivity index (χ3v) is 3.51. The van der Waals surface area contributed by atoms with Crippen LogP contribution in [-0.4, -0.2) is 19.4 Å². The van der Waals surface area contributed by atoms with Gasteiger partial charge in [-0.25, -0.2) is 10.8 Å². The van der Waals surface area contributed by atoms with Crippen LogP contribution in [0.25, 0.3) is 11.0 Å². The number of aromatic nitrogens is 2. The van der Waals surface area contributed by atoms with Crippen molar-refractivity contribution in [2.45, 2.75) is 6.54 Å². The first kappa shape index (κ1) is 15.4. The molecule has 1 heterocycles. The molecule has 3 aromatic rings. The number of benzene rings is 2. The van der Waals surface area contributed by atoms with E-state index in [1.165, 1.54) is 12.1 Å². The van der Waals surface area contributed by atoms with Crippen molar-refractivity contribution >= 4 is 28.4 Å². The molecule has 1 aromatic heterocycles. The Labute approximate surface area is 134 Å². The molecule has 0 bridgehead atoms. The van der Waals surface area contributed by atoms with Gasteiger partial charge in [0.25, 0.3) is 11.4 Å². The number of nitro benzene ring substituents is 2. The Morgan fingerprint density at radius 3 is 2.29 bits per heavy atom. The number of nitrogen functional groups attached to an aromatic ring is 1. The molecule has 0 aliphatic rings. The second kappa shape index (κ2) is 5.93. The fraction of sp³-hybridized carbons (Fsp3) is 0.0714. The van der Waals surface area contributed by atoms with Gasteiger partial charge in [-0.2, -0.15) is 0 Å². The highest BCUT2D eigenvalue weighted by Gasteiger charge is 2.18. The number of hydrazine groups is 1. The molecule has 3 N–H and O–H groups in total. The van der Waals surface area contributed by atoms with Gasteiger partial charge in [0.1, 0.15) is 0 Å². The van der Waals surface area contributed by atoms with Gasteiger partial charge in [0, 0.05) is 12.1 Å². The van der Waals surface area contributed by atoms with E-state index in [9.17, 15) is 20.2 Å². The van der Waals surface area contributed by atoms with E-state index in [4.69, 9.17) is 5.84 Å². The zero-order valence-electron chi connectivity index (χ0n) is 12.2. The van der Waals surface area contributed by atoms with Gasteiger partial charge in [-0.3, -0.25) is 25.7 Å². The van der Waals surface area contributed by atoms with Crippen LogP contribution in [0, 0.1) is 20.2 Å². The maximum absolute atomic E-state index is 11.0. The van der Waals surface area contributed by atoms with Crippen molar-refractivity contribution in [2.75, 3.05) is 5.43 Å². The first-order chi connectivity index (χ1) is 11.5. The van der Waals surface area contributed by atoms with Gasteiger partial charge in [-0.05, 0) is 17.7 Å². The Hall–Kier alpha value is -3.53. The normalized spacial score (nSPS) is 10.7. The van der Waals surface area contributed by atoms with Crippen LogP contribution in [0.5, 0.6) is 0 Å². The fourth-order valence-corrected chi connectivity index (χ4v) is 2.49. The molecular weight excluding hydrogens is 316 g/mol. The Kier molecular flexibility index (Phi) is 3.80. The zero-order valence-corrected chi connectivity index (χ0v) is 12.2. The number of imidazole rings is 1. The van der Waals surface area contributed by atoms with E-state index in [1.807, 2.05) is 18.2 Å². The minimum absolute atomic E-state index is 0.141. The Morgan fingerprint density at radius 1 is 1.08 bits per heavy atom. The number of nitrogens with one attached hydrogen (secondary N) is 1. The maximum Gasteiger partial charge on any atom is 0.276 e. The van der Waals surface area contributed by atoms with E-state index in [2.05, 4.69) is 10.4 Å². The van der Waals surface area contributed by atoms with Crippen LogP contribution in [0.1, 0.15) is 5.56 Å². The SMILES string of the molecule is NNc1nc2ccccc2n1Cc1cc([N+](=O)[O-])cc([N+](=O)[O-])c1. The summed E-state index contributed by atoms with van der Waals surface area (Å²) >= 11 is 0. The summed E-state index contributed by atoms with van der Waals surface area (Å²) in [5.41, 5.74) is 3.61. The van der Waals surface area contributed by atoms with E-state index < -0.39 is 9.85 Å². The van der Waals surface area contributed by atoms with Crippen molar-refractivity contribution in [3.63, 3.8) is 0 Å². The molecule has 10 heteroatoms. The number of hydrogen-bond donors (Lipinski definition) is 2. The van der Waals surface area contributed by atoms with E-state index in [0.717, 1.165) is 11.6 Å². The van der Waals surface area contributed by atoms with Crippen LogP contribution in [0.4, 0.5) is 17.3 Å². The van der Waals surface area contributed by atoms with Gasteiger partial charge in [0.05, 0.1) is 33.5 Å². The number of anilines is 1. The van der Waals surface area contributed by atoms with Gasteiger partial charge >= 0.3 is 0 Å². The number of hydrogen-bond acceptors (Lipinski definition) is 7. The summed E-state index contributed by atoms with van der Waals surface area (Å²) < 4.78 is 1.69. The molecule has 24 heavy (non-hydrogen) atoms. The molecule has 0 unspecified atom stereocenters. The predicted octanol–water partition coefficient (Wildman–Crippen LogP) is 2.19. The molecule has 122 valence electrons. The second-order valence-electron chi connectivity index (χ2n) is 5.03. The number of nitro groups is 2. The second-order valence-corrected chi connectivity index (χ2v) is 5.03. The first-order valence-electron chi connectivity index (χ1n) is 6.84. The zero-order chi connectivity index (χ0) is 17.3. The Morgan fingerprint density at radius 2 is 1.71 bits per heavy atom. The van der Waals surface area contributed by atoms with Crippen LogP contribution in [0.3, 0.4) is 0 Å². The number of fused-ring (bicyclic) bond motifs is 1. The van der Waals surface area contributed by atoms with Gasteiger partial charge in [0.15, 0.2) is 0 Å². The number of nitrogens with zero attached hydrogens (tertiary/aromatic N) is 4. The van der Waals surface area contributed by atoms with Crippen molar-refractivity contribution in [3.8, 4) is 0 Å². The lowest BCUT2D eigenvalue weighted by Crippen LogP contribution is -2.14. The molecule has 0 saturated heterocycles. The molecule has 0 spiro atoms. The predicted molar refractivity (Wildman–Crippen MR) is 86.4 cm³/mol. The largest absolute Gasteiger partial charge is 0.305 e. The third-order valence-electron chi connectivity index (χ3n) is 3.51. The van der Waals surface area contributed by atoms with Crippen molar-refractivity contribution in [1.82, 2.24) is 9.55 Å². The van der Waals surface area contributed by atoms with E-state index in [1.54, 1.807) is 10.6 Å². The average molecular weight is 328 g/mol. The summed E-state index contributed by atoms with van der Waals surface area (Å²) in [6.07, 6.45) is 0. The van der Waals surface area contributed by atoms with E-state index in [-0.39, 0.29) is 17.9 Å². The summed E-state index contributed by atoms with van der Waals surface area (Å²) in [7, 11) is 0. The summed E-state index contributed by atoms with van der Waals surface area (Å²) in [6.45, 7) is 0.141. The molecule has 0 radical (unpaired) electrons. The average Bonchev–Trinajstić information content (AvgIpc) is 2.92. The lowest BCUT2D eigenvalue weighted by atomic mass is 10.1. The van der Waals surface area contributed by atoms with Crippen molar-refractivity contribution in [3.05, 3.63) is 68.3 Å². The molecule has 0 fully saturated rings. The smallest absolute Gasteiger partial charge is 0.276 e. The van der Waals surface area contributed by atoms with Gasteiger partial charge in [-0.15, -0.1) is 0 Å². The molecule has 0 atom stereocenters. The molecule has 3 rings (SSSR count). The minimum Gasteiger partial charge on any atom is -0.305 e. The summed E-state index contributed by atoms with van der Waals surface area (Å²) in [5, 5.41) is 22.0. The standard InChI is InChI=1S/C14H12N6O4/c15-17-14-16-12-3-1-2-4-13(12)18(14)8-9-5-10(19(21)22)7-11(6-9)20(23)24/h1-7H,8,15H2,(H,16,17). The number of para-hydroxylation sites is 2. The van der Waals surface area contributed by atoms with Crippen LogP contribution < -0.4 is 11.3 Å².